The first kappa shape index (κ1) is 32.8. The van der Waals surface area contributed by atoms with E-state index in [-0.39, 0.29) is 47.2 Å². The summed E-state index contributed by atoms with van der Waals surface area (Å²) in [5, 5.41) is 2.88. The number of nitrogens with zero attached hydrogens (tertiary/aromatic N) is 3. The molecule has 8 atom stereocenters. The molecule has 5 aliphatic rings. The fourth-order valence-electron chi connectivity index (χ4n) is 8.49. The zero-order chi connectivity index (χ0) is 34.1. The van der Waals surface area contributed by atoms with Gasteiger partial charge < -0.3 is 29.2 Å². The summed E-state index contributed by atoms with van der Waals surface area (Å²) in [7, 11) is 0. The minimum absolute atomic E-state index is 0.0582. The van der Waals surface area contributed by atoms with Crippen molar-refractivity contribution < 1.29 is 42.1 Å². The summed E-state index contributed by atoms with van der Waals surface area (Å²) in [5.41, 5.74) is 0.315. The van der Waals surface area contributed by atoms with Crippen LogP contribution in [0.2, 0.25) is 0 Å². The van der Waals surface area contributed by atoms with Crippen LogP contribution in [-0.4, -0.2) is 69.8 Å². The Hall–Kier alpha value is -3.77. The number of carbonyl (C=O) groups excluding carboxylic acids is 3. The van der Waals surface area contributed by atoms with Crippen molar-refractivity contribution in [3.8, 4) is 17.4 Å². The van der Waals surface area contributed by atoms with Gasteiger partial charge >= 0.3 is 12.4 Å². The molecule has 2 saturated carbocycles. The lowest BCUT2D eigenvalue weighted by atomic mass is 9.85. The van der Waals surface area contributed by atoms with Crippen LogP contribution in [0.4, 0.5) is 13.6 Å². The van der Waals surface area contributed by atoms with Gasteiger partial charge in [-0.15, -0.1) is 8.78 Å². The van der Waals surface area contributed by atoms with Crippen molar-refractivity contribution in [2.45, 2.75) is 117 Å². The van der Waals surface area contributed by atoms with E-state index in [1.54, 1.807) is 6.07 Å². The summed E-state index contributed by atoms with van der Waals surface area (Å²) in [6.45, 7) is 9.03. The topological polar surface area (TPSA) is 129 Å². The van der Waals surface area contributed by atoms with Crippen LogP contribution in [0.5, 0.6) is 17.4 Å². The molecular formula is C35H44F2N4O7. The molecule has 260 valence electrons. The molecule has 1 saturated heterocycles. The lowest BCUT2D eigenvalue weighted by Gasteiger charge is -2.36. The number of amides is 2. The van der Waals surface area contributed by atoms with Gasteiger partial charge in [0.1, 0.15) is 29.5 Å². The van der Waals surface area contributed by atoms with Gasteiger partial charge in [-0.25, -0.2) is 14.8 Å². The molecule has 3 unspecified atom stereocenters. The number of benzene rings is 1. The van der Waals surface area contributed by atoms with Crippen LogP contribution in [0.25, 0.3) is 11.0 Å². The molecular weight excluding hydrogens is 626 g/mol. The Kier molecular flexibility index (Phi) is 8.17. The van der Waals surface area contributed by atoms with Crippen LogP contribution in [0.1, 0.15) is 85.3 Å². The molecule has 2 aromatic rings. The third kappa shape index (κ3) is 6.02. The summed E-state index contributed by atoms with van der Waals surface area (Å²) in [4.78, 5) is 52.0. The van der Waals surface area contributed by atoms with Gasteiger partial charge in [0.05, 0.1) is 18.1 Å². The monoisotopic (exact) mass is 670 g/mol. The predicted octanol–water partition coefficient (Wildman–Crippen LogP) is 5.81. The summed E-state index contributed by atoms with van der Waals surface area (Å²) in [6, 6.07) is 1.19. The molecule has 13 heteroatoms. The second-order valence-corrected chi connectivity index (χ2v) is 15.2. The number of ether oxygens (including phenoxy) is 4. The normalized spacial score (nSPS) is 33.0. The quantitative estimate of drug-likeness (QED) is 0.421. The first-order chi connectivity index (χ1) is 22.7. The lowest BCUT2D eigenvalue weighted by molar-refractivity contribution is -0.286. The van der Waals surface area contributed by atoms with Crippen LogP contribution >= 0.6 is 0 Å². The smallest absolute Gasteiger partial charge is 0.471 e. The minimum Gasteiger partial charge on any atom is -0.471 e. The van der Waals surface area contributed by atoms with Crippen LogP contribution in [0.3, 0.4) is 0 Å². The van der Waals surface area contributed by atoms with Crippen LogP contribution in [-0.2, 0) is 20.7 Å². The number of rotatable bonds is 2. The second kappa shape index (κ2) is 12.0. The minimum atomic E-state index is -3.84. The van der Waals surface area contributed by atoms with Gasteiger partial charge in [0.15, 0.2) is 11.5 Å². The van der Waals surface area contributed by atoms with Crippen molar-refractivity contribution in [2.24, 2.45) is 29.1 Å². The third-order valence-corrected chi connectivity index (χ3v) is 10.9. The van der Waals surface area contributed by atoms with Gasteiger partial charge in [-0.2, -0.15) is 0 Å². The van der Waals surface area contributed by atoms with E-state index < -0.39 is 47.8 Å². The number of alkyl halides is 2. The maximum Gasteiger partial charge on any atom is 0.586 e. The maximum atomic E-state index is 14.4. The van der Waals surface area contributed by atoms with E-state index >= 15 is 0 Å². The van der Waals surface area contributed by atoms with E-state index in [1.807, 2.05) is 27.7 Å². The maximum absolute atomic E-state index is 14.4. The van der Waals surface area contributed by atoms with Crippen molar-refractivity contribution in [1.29, 1.82) is 0 Å². The molecule has 1 aromatic carbocycles. The van der Waals surface area contributed by atoms with Gasteiger partial charge in [-0.3, -0.25) is 9.59 Å². The largest absolute Gasteiger partial charge is 0.586 e. The van der Waals surface area contributed by atoms with E-state index in [0.29, 0.717) is 35.9 Å². The highest BCUT2D eigenvalue weighted by Gasteiger charge is 2.55. The fourth-order valence-corrected chi connectivity index (χ4v) is 8.49. The predicted molar refractivity (Wildman–Crippen MR) is 169 cm³/mol. The van der Waals surface area contributed by atoms with Crippen LogP contribution < -0.4 is 19.5 Å². The molecule has 0 radical (unpaired) electrons. The molecule has 3 aliphatic heterocycles. The van der Waals surface area contributed by atoms with Gasteiger partial charge in [0.25, 0.3) is 0 Å². The highest BCUT2D eigenvalue weighted by Crippen LogP contribution is 2.58. The van der Waals surface area contributed by atoms with Gasteiger partial charge in [-0.05, 0) is 80.8 Å². The Bertz CT molecular complexity index is 1630. The molecule has 1 aromatic heterocycles. The van der Waals surface area contributed by atoms with E-state index in [9.17, 15) is 23.2 Å². The first-order valence-corrected chi connectivity index (χ1v) is 17.3. The molecule has 0 spiro atoms. The molecule has 1 N–H and O–H groups in total. The molecule has 11 nitrogen and oxygen atoms in total. The van der Waals surface area contributed by atoms with E-state index in [4.69, 9.17) is 24.2 Å². The summed E-state index contributed by atoms with van der Waals surface area (Å²) < 4.78 is 50.3. The van der Waals surface area contributed by atoms with E-state index in [0.717, 1.165) is 38.5 Å². The van der Waals surface area contributed by atoms with Crippen molar-refractivity contribution in [3.05, 3.63) is 17.8 Å². The molecule has 2 amide bonds. The van der Waals surface area contributed by atoms with Crippen LogP contribution in [0.15, 0.2) is 12.1 Å². The van der Waals surface area contributed by atoms with E-state index in [1.165, 1.54) is 17.9 Å². The molecule has 3 fully saturated rings. The van der Waals surface area contributed by atoms with Gasteiger partial charge in [0.2, 0.25) is 17.5 Å². The Morgan fingerprint density at radius 2 is 1.83 bits per heavy atom. The summed E-state index contributed by atoms with van der Waals surface area (Å²) in [5.74, 6) is 0.199. The van der Waals surface area contributed by atoms with Gasteiger partial charge in [-0.1, -0.05) is 40.5 Å². The number of aromatic nitrogens is 2. The number of ketones is 1. The Morgan fingerprint density at radius 1 is 1.04 bits per heavy atom. The number of Topliss-reactive ketones (excluding diaryl/α,β-unsaturated/α-hetero) is 1. The first-order valence-electron chi connectivity index (χ1n) is 17.3. The Labute approximate surface area is 278 Å². The molecule has 2 aliphatic carbocycles. The highest BCUT2D eigenvalue weighted by molar-refractivity contribution is 5.92. The highest BCUT2D eigenvalue weighted by atomic mass is 19.3. The summed E-state index contributed by atoms with van der Waals surface area (Å²) >= 11 is 0. The Morgan fingerprint density at radius 3 is 2.56 bits per heavy atom. The van der Waals surface area contributed by atoms with Crippen molar-refractivity contribution >= 4 is 28.8 Å². The van der Waals surface area contributed by atoms with Crippen LogP contribution in [0, 0.1) is 29.1 Å². The number of halogens is 2. The van der Waals surface area contributed by atoms with Crippen molar-refractivity contribution in [3.63, 3.8) is 0 Å². The second-order valence-electron chi connectivity index (χ2n) is 15.2. The standard InChI is InChI=1S/C35H44F2N4O7/c1-6-19-26-16-41(28(19)17(2)42)32(43)30(34(3,4)5)40-33(44)46-25-15-18-14-21(18)20(25)10-8-7-9-11-23-31(45-26)39-27-22(38-23)12-13-24-29(27)48-35(36,37)47-24/h12-13,18-21,25-26,28,30H,6-11,14-16H2,1-5H3,(H,40,44)/t18?,19?,20-,21?,25-,26+,28-,30-/m1/s1. The average molecular weight is 671 g/mol. The number of nitrogens with one attached hydrogen (secondary N) is 1. The number of alkyl carbamates (subject to hydrolysis) is 1. The molecule has 48 heavy (non-hydrogen) atoms. The number of fused-ring (bicyclic) bond motifs is 9. The number of aryl methyl sites for hydroxylation is 1. The number of carbonyl (C=O) groups is 3. The fraction of sp³-hybridized carbons (Fsp3) is 0.686. The molecule has 4 heterocycles. The average Bonchev–Trinajstić information content (AvgIpc) is 3.36. The third-order valence-electron chi connectivity index (χ3n) is 10.9. The molecule has 2 bridgehead atoms. The summed E-state index contributed by atoms with van der Waals surface area (Å²) in [6.07, 6.45) is 1.29. The van der Waals surface area contributed by atoms with Crippen molar-refractivity contribution in [2.75, 3.05) is 6.54 Å². The zero-order valence-corrected chi connectivity index (χ0v) is 28.1. The SMILES string of the molecule is CCC1[C@@H]2CN(C(=O)[C@H](C(C)(C)C)NC(=O)O[C@@H]3CC4CC4[C@H]3CCCCCc3nc4ccc5c(c4nc3O2)OC(F)(F)O5)[C@@H]1C(C)=O. The molecule has 7 rings (SSSR count). The Balaban J connectivity index is 1.27. The number of hydrogen-bond acceptors (Lipinski definition) is 9. The zero-order valence-electron chi connectivity index (χ0n) is 28.1. The van der Waals surface area contributed by atoms with E-state index in [2.05, 4.69) is 10.1 Å². The number of hydrogen-bond donors (Lipinski definition) is 1. The van der Waals surface area contributed by atoms with Crippen molar-refractivity contribution in [1.82, 2.24) is 20.2 Å². The van der Waals surface area contributed by atoms with Gasteiger partial charge in [0, 0.05) is 5.92 Å². The lowest BCUT2D eigenvalue weighted by Crippen LogP contribution is -2.57.